The summed E-state index contributed by atoms with van der Waals surface area (Å²) in [6.07, 6.45) is -4.34. The van der Waals surface area contributed by atoms with Crippen molar-refractivity contribution >= 4 is 0 Å². The molecule has 0 aliphatic heterocycles. The quantitative estimate of drug-likeness (QED) is 0.895. The first kappa shape index (κ1) is 14.8. The van der Waals surface area contributed by atoms with Crippen molar-refractivity contribution in [1.82, 2.24) is 5.32 Å². The summed E-state index contributed by atoms with van der Waals surface area (Å²) in [5.41, 5.74) is 1.78. The largest absolute Gasteiger partial charge is 0.496 e. The van der Waals surface area contributed by atoms with Crippen molar-refractivity contribution in [2.75, 3.05) is 13.7 Å². The van der Waals surface area contributed by atoms with Crippen molar-refractivity contribution in [1.29, 1.82) is 0 Å². The Morgan fingerprint density at radius 2 is 1.89 bits per heavy atom. The van der Waals surface area contributed by atoms with E-state index in [1.165, 1.54) is 13.2 Å². The highest BCUT2D eigenvalue weighted by molar-refractivity contribution is 5.47. The lowest BCUT2D eigenvalue weighted by atomic mass is 9.98. The molecule has 0 aliphatic rings. The number of methoxy groups -OCH3 is 1. The van der Waals surface area contributed by atoms with Gasteiger partial charge in [0.1, 0.15) is 11.8 Å². The SMILES string of the molecule is CCNC(c1ccc(C)c(C)c1OC)C(F)(F)F. The van der Waals surface area contributed by atoms with Crippen LogP contribution >= 0.6 is 0 Å². The van der Waals surface area contributed by atoms with Crippen molar-refractivity contribution in [3.05, 3.63) is 28.8 Å². The molecule has 1 unspecified atom stereocenters. The standard InChI is InChI=1S/C13H18F3NO/c1-5-17-12(13(14,15)16)10-7-6-8(2)9(3)11(10)18-4/h6-7,12,17H,5H2,1-4H3. The van der Waals surface area contributed by atoms with Crippen molar-refractivity contribution in [3.8, 4) is 5.75 Å². The number of ether oxygens (including phenoxy) is 1. The Balaban J connectivity index is 3.32. The van der Waals surface area contributed by atoms with Gasteiger partial charge in [-0.05, 0) is 31.5 Å². The van der Waals surface area contributed by atoms with Gasteiger partial charge in [0.15, 0.2) is 0 Å². The Morgan fingerprint density at radius 3 is 2.33 bits per heavy atom. The molecule has 1 atom stereocenters. The van der Waals surface area contributed by atoms with E-state index in [0.717, 1.165) is 11.1 Å². The molecule has 0 aromatic heterocycles. The molecule has 0 saturated heterocycles. The second-order valence-electron chi connectivity index (χ2n) is 4.16. The van der Waals surface area contributed by atoms with Crippen molar-refractivity contribution in [2.45, 2.75) is 33.0 Å². The highest BCUT2D eigenvalue weighted by Gasteiger charge is 2.41. The molecule has 102 valence electrons. The minimum Gasteiger partial charge on any atom is -0.496 e. The van der Waals surface area contributed by atoms with Gasteiger partial charge in [0.2, 0.25) is 0 Å². The molecule has 5 heteroatoms. The predicted molar refractivity (Wildman–Crippen MR) is 64.9 cm³/mol. The third-order valence-electron chi connectivity index (χ3n) is 2.96. The maximum absolute atomic E-state index is 13.0. The third kappa shape index (κ3) is 2.96. The van der Waals surface area contributed by atoms with Crippen molar-refractivity contribution in [3.63, 3.8) is 0 Å². The number of nitrogens with one attached hydrogen (secondary N) is 1. The molecule has 0 fully saturated rings. The zero-order valence-electron chi connectivity index (χ0n) is 11.0. The lowest BCUT2D eigenvalue weighted by Gasteiger charge is -2.24. The normalized spacial score (nSPS) is 13.5. The van der Waals surface area contributed by atoms with Crippen LogP contribution in [0.1, 0.15) is 29.7 Å². The first-order valence-corrected chi connectivity index (χ1v) is 5.77. The lowest BCUT2D eigenvalue weighted by Crippen LogP contribution is -2.34. The van der Waals surface area contributed by atoms with Crippen LogP contribution in [0.25, 0.3) is 0 Å². The summed E-state index contributed by atoms with van der Waals surface area (Å²) in [5.74, 6) is 0.304. The molecule has 0 radical (unpaired) electrons. The molecule has 0 saturated carbocycles. The molecule has 1 aromatic rings. The van der Waals surface area contributed by atoms with Gasteiger partial charge in [0.05, 0.1) is 7.11 Å². The van der Waals surface area contributed by atoms with Gasteiger partial charge in [0.25, 0.3) is 0 Å². The molecular weight excluding hydrogens is 243 g/mol. The van der Waals surface area contributed by atoms with Crippen LogP contribution in [0.2, 0.25) is 0 Å². The van der Waals surface area contributed by atoms with Gasteiger partial charge in [-0.3, -0.25) is 0 Å². The average molecular weight is 261 g/mol. The highest BCUT2D eigenvalue weighted by Crippen LogP contribution is 2.39. The molecule has 0 aliphatic carbocycles. The van der Waals surface area contributed by atoms with Gasteiger partial charge in [-0.15, -0.1) is 0 Å². The van der Waals surface area contributed by atoms with E-state index in [1.54, 1.807) is 19.9 Å². The number of benzene rings is 1. The maximum Gasteiger partial charge on any atom is 0.408 e. The molecule has 0 spiro atoms. The van der Waals surface area contributed by atoms with Gasteiger partial charge >= 0.3 is 6.18 Å². The lowest BCUT2D eigenvalue weighted by molar-refractivity contribution is -0.157. The Hall–Kier alpha value is -1.23. The molecule has 1 rings (SSSR count). The zero-order chi connectivity index (χ0) is 13.9. The van der Waals surface area contributed by atoms with Crippen LogP contribution < -0.4 is 10.1 Å². The van der Waals surface area contributed by atoms with Gasteiger partial charge < -0.3 is 10.1 Å². The Bertz CT molecular complexity index is 415. The van der Waals surface area contributed by atoms with E-state index in [2.05, 4.69) is 5.32 Å². The topological polar surface area (TPSA) is 21.3 Å². The molecule has 1 aromatic carbocycles. The van der Waals surface area contributed by atoms with E-state index in [0.29, 0.717) is 5.75 Å². The number of alkyl halides is 3. The zero-order valence-corrected chi connectivity index (χ0v) is 11.0. The fraction of sp³-hybridized carbons (Fsp3) is 0.538. The second-order valence-corrected chi connectivity index (χ2v) is 4.16. The van der Waals surface area contributed by atoms with E-state index in [1.807, 2.05) is 6.92 Å². The molecule has 18 heavy (non-hydrogen) atoms. The van der Waals surface area contributed by atoms with Gasteiger partial charge in [-0.1, -0.05) is 19.1 Å². The highest BCUT2D eigenvalue weighted by atomic mass is 19.4. The maximum atomic E-state index is 13.0. The number of rotatable bonds is 4. The first-order valence-electron chi connectivity index (χ1n) is 5.77. The number of hydrogen-bond donors (Lipinski definition) is 1. The van der Waals surface area contributed by atoms with Crippen LogP contribution in [0.5, 0.6) is 5.75 Å². The van der Waals surface area contributed by atoms with Crippen LogP contribution in [0, 0.1) is 13.8 Å². The van der Waals surface area contributed by atoms with Crippen LogP contribution in [0.4, 0.5) is 13.2 Å². The first-order chi connectivity index (χ1) is 8.32. The van der Waals surface area contributed by atoms with E-state index in [9.17, 15) is 13.2 Å². The van der Waals surface area contributed by atoms with E-state index < -0.39 is 12.2 Å². The number of halogens is 3. The van der Waals surface area contributed by atoms with Gasteiger partial charge in [0, 0.05) is 5.56 Å². The fourth-order valence-corrected chi connectivity index (χ4v) is 1.92. The molecule has 0 bridgehead atoms. The van der Waals surface area contributed by atoms with Crippen LogP contribution in [0.3, 0.4) is 0 Å². The monoisotopic (exact) mass is 261 g/mol. The summed E-state index contributed by atoms with van der Waals surface area (Å²) in [7, 11) is 1.39. The molecular formula is C13H18F3NO. The van der Waals surface area contributed by atoms with E-state index in [4.69, 9.17) is 4.74 Å². The molecule has 1 N–H and O–H groups in total. The summed E-state index contributed by atoms with van der Waals surface area (Å²) in [6.45, 7) is 5.49. The summed E-state index contributed by atoms with van der Waals surface area (Å²) in [6, 6.07) is 1.46. The minimum absolute atomic E-state index is 0.134. The predicted octanol–water partition coefficient (Wildman–Crippen LogP) is 3.52. The van der Waals surface area contributed by atoms with Crippen molar-refractivity contribution in [2.24, 2.45) is 0 Å². The van der Waals surface area contributed by atoms with Crippen LogP contribution in [0.15, 0.2) is 12.1 Å². The average Bonchev–Trinajstić information content (AvgIpc) is 2.28. The number of aryl methyl sites for hydroxylation is 1. The molecule has 0 amide bonds. The van der Waals surface area contributed by atoms with Crippen LogP contribution in [-0.4, -0.2) is 19.8 Å². The fourth-order valence-electron chi connectivity index (χ4n) is 1.92. The Morgan fingerprint density at radius 1 is 1.28 bits per heavy atom. The minimum atomic E-state index is -4.34. The van der Waals surface area contributed by atoms with Crippen molar-refractivity contribution < 1.29 is 17.9 Å². The summed E-state index contributed by atoms with van der Waals surface area (Å²) in [4.78, 5) is 0. The van der Waals surface area contributed by atoms with Gasteiger partial charge in [-0.25, -0.2) is 0 Å². The second kappa shape index (κ2) is 5.61. The smallest absolute Gasteiger partial charge is 0.408 e. The summed E-state index contributed by atoms with van der Waals surface area (Å²) in [5, 5.41) is 2.46. The summed E-state index contributed by atoms with van der Waals surface area (Å²) < 4.78 is 44.2. The van der Waals surface area contributed by atoms with Gasteiger partial charge in [-0.2, -0.15) is 13.2 Å². The summed E-state index contributed by atoms with van der Waals surface area (Å²) >= 11 is 0. The van der Waals surface area contributed by atoms with E-state index >= 15 is 0 Å². The third-order valence-corrected chi connectivity index (χ3v) is 2.96. The van der Waals surface area contributed by atoms with Crippen LogP contribution in [-0.2, 0) is 0 Å². The number of hydrogen-bond acceptors (Lipinski definition) is 2. The van der Waals surface area contributed by atoms with E-state index in [-0.39, 0.29) is 12.1 Å². The Kier molecular flexibility index (Phi) is 4.62. The molecule has 2 nitrogen and oxygen atoms in total. The Labute approximate surface area is 105 Å². The molecule has 0 heterocycles.